The van der Waals surface area contributed by atoms with Gasteiger partial charge in [-0.25, -0.2) is 0 Å². The van der Waals surface area contributed by atoms with Gasteiger partial charge in [-0.15, -0.1) is 24.0 Å². The lowest BCUT2D eigenvalue weighted by atomic mass is 10.1. The van der Waals surface area contributed by atoms with Crippen molar-refractivity contribution in [3.63, 3.8) is 0 Å². The molecule has 0 bridgehead atoms. The van der Waals surface area contributed by atoms with E-state index >= 15 is 0 Å². The molecule has 136 valence electrons. The fourth-order valence-corrected chi connectivity index (χ4v) is 3.80. The van der Waals surface area contributed by atoms with Crippen LogP contribution in [0.4, 0.5) is 0 Å². The van der Waals surface area contributed by atoms with E-state index in [4.69, 9.17) is 4.74 Å². The number of methoxy groups -OCH3 is 1. The van der Waals surface area contributed by atoms with Crippen LogP contribution in [-0.4, -0.2) is 44.2 Å². The summed E-state index contributed by atoms with van der Waals surface area (Å²) >= 11 is 1.98. The average Bonchev–Trinajstić information content (AvgIpc) is 3.05. The van der Waals surface area contributed by atoms with E-state index in [9.17, 15) is 0 Å². The van der Waals surface area contributed by atoms with Gasteiger partial charge in [-0.3, -0.25) is 4.99 Å². The fraction of sp³-hybridized carbons (Fsp3) is 0.611. The third-order valence-electron chi connectivity index (χ3n) is 4.35. The lowest BCUT2D eigenvalue weighted by molar-refractivity contribution is 0.414. The Morgan fingerprint density at radius 3 is 2.88 bits per heavy atom. The standard InChI is InChI=1S/C18H29N3OS.HI/c1-19-18(21-15-9-10-17(13-15)23-3)20-11-5-7-14-6-4-8-16(12-14)22-2;/h4,6,8,12,15,17H,5,7,9-11,13H2,1-3H3,(H2,19,20,21);1H. The minimum Gasteiger partial charge on any atom is -0.497 e. The summed E-state index contributed by atoms with van der Waals surface area (Å²) in [5.74, 6) is 1.86. The molecule has 2 N–H and O–H groups in total. The largest absolute Gasteiger partial charge is 0.497 e. The maximum absolute atomic E-state index is 5.26. The minimum absolute atomic E-state index is 0. The highest BCUT2D eigenvalue weighted by molar-refractivity contribution is 14.0. The molecule has 2 atom stereocenters. The quantitative estimate of drug-likeness (QED) is 0.280. The molecule has 1 aliphatic carbocycles. The Kier molecular flexibility index (Phi) is 10.6. The highest BCUT2D eigenvalue weighted by Crippen LogP contribution is 2.27. The van der Waals surface area contributed by atoms with E-state index in [1.807, 2.05) is 30.9 Å². The first-order valence-corrected chi connectivity index (χ1v) is 9.67. The lowest BCUT2D eigenvalue weighted by Gasteiger charge is -2.17. The number of hydrogen-bond donors (Lipinski definition) is 2. The number of guanidine groups is 1. The second-order valence-corrected chi connectivity index (χ2v) is 7.10. The van der Waals surface area contributed by atoms with E-state index in [0.717, 1.165) is 36.3 Å². The van der Waals surface area contributed by atoms with Gasteiger partial charge in [0.25, 0.3) is 0 Å². The van der Waals surface area contributed by atoms with E-state index in [1.54, 1.807) is 7.11 Å². The topological polar surface area (TPSA) is 45.7 Å². The molecule has 0 aliphatic heterocycles. The smallest absolute Gasteiger partial charge is 0.191 e. The molecule has 1 fully saturated rings. The summed E-state index contributed by atoms with van der Waals surface area (Å²) in [6.45, 7) is 0.926. The number of nitrogens with zero attached hydrogens (tertiary/aromatic N) is 1. The molecule has 0 saturated heterocycles. The van der Waals surface area contributed by atoms with Crippen molar-refractivity contribution in [3.05, 3.63) is 29.8 Å². The van der Waals surface area contributed by atoms with Gasteiger partial charge in [0.1, 0.15) is 5.75 Å². The van der Waals surface area contributed by atoms with Crippen molar-refractivity contribution >= 4 is 41.7 Å². The van der Waals surface area contributed by atoms with Crippen molar-refractivity contribution in [1.82, 2.24) is 10.6 Å². The number of thioether (sulfide) groups is 1. The Bertz CT molecular complexity index is 513. The summed E-state index contributed by atoms with van der Waals surface area (Å²) in [5.41, 5.74) is 1.31. The molecule has 0 radical (unpaired) electrons. The van der Waals surface area contributed by atoms with Gasteiger partial charge in [0.15, 0.2) is 5.96 Å². The summed E-state index contributed by atoms with van der Waals surface area (Å²) in [6.07, 6.45) is 8.12. The average molecular weight is 463 g/mol. The van der Waals surface area contributed by atoms with Crippen LogP contribution in [0.1, 0.15) is 31.2 Å². The van der Waals surface area contributed by atoms with E-state index in [-0.39, 0.29) is 24.0 Å². The van der Waals surface area contributed by atoms with Crippen LogP contribution in [0.5, 0.6) is 5.75 Å². The third kappa shape index (κ3) is 7.09. The zero-order chi connectivity index (χ0) is 16.5. The van der Waals surface area contributed by atoms with Gasteiger partial charge in [0.05, 0.1) is 7.11 Å². The fourth-order valence-electron chi connectivity index (χ4n) is 3.00. The van der Waals surface area contributed by atoms with Crippen molar-refractivity contribution in [2.24, 2.45) is 4.99 Å². The summed E-state index contributed by atoms with van der Waals surface area (Å²) < 4.78 is 5.26. The molecule has 24 heavy (non-hydrogen) atoms. The molecule has 2 unspecified atom stereocenters. The van der Waals surface area contributed by atoms with Crippen LogP contribution in [0.15, 0.2) is 29.3 Å². The molecule has 1 aliphatic rings. The van der Waals surface area contributed by atoms with Crippen LogP contribution in [0.25, 0.3) is 0 Å². The second-order valence-electron chi connectivity index (χ2n) is 5.97. The van der Waals surface area contributed by atoms with Gasteiger partial charge >= 0.3 is 0 Å². The molecular weight excluding hydrogens is 433 g/mol. The maximum atomic E-state index is 5.26. The predicted molar refractivity (Wildman–Crippen MR) is 116 cm³/mol. The van der Waals surface area contributed by atoms with Crippen LogP contribution in [0.2, 0.25) is 0 Å². The van der Waals surface area contributed by atoms with Crippen LogP contribution in [-0.2, 0) is 6.42 Å². The zero-order valence-corrected chi connectivity index (χ0v) is 18.0. The SMILES string of the molecule is CN=C(NCCCc1cccc(OC)c1)NC1CCC(SC)C1.I. The van der Waals surface area contributed by atoms with Crippen molar-refractivity contribution < 1.29 is 4.74 Å². The Balaban J connectivity index is 0.00000288. The highest BCUT2D eigenvalue weighted by Gasteiger charge is 2.24. The van der Waals surface area contributed by atoms with Crippen molar-refractivity contribution in [1.29, 1.82) is 0 Å². The molecule has 1 aromatic rings. The first kappa shape index (κ1) is 21.4. The van der Waals surface area contributed by atoms with Crippen LogP contribution in [0.3, 0.4) is 0 Å². The molecule has 0 aromatic heterocycles. The van der Waals surface area contributed by atoms with Gasteiger partial charge in [-0.05, 0) is 56.1 Å². The third-order valence-corrected chi connectivity index (χ3v) is 5.45. The van der Waals surface area contributed by atoms with Gasteiger partial charge < -0.3 is 15.4 Å². The van der Waals surface area contributed by atoms with Crippen molar-refractivity contribution in [2.45, 2.75) is 43.4 Å². The zero-order valence-electron chi connectivity index (χ0n) is 14.9. The summed E-state index contributed by atoms with van der Waals surface area (Å²) in [4.78, 5) is 4.34. The number of benzene rings is 1. The Hall–Kier alpha value is -0.630. The molecule has 2 rings (SSSR count). The first-order valence-electron chi connectivity index (χ1n) is 8.38. The normalized spacial score (nSPS) is 20.4. The second kappa shape index (κ2) is 11.8. The van der Waals surface area contributed by atoms with Crippen LogP contribution in [0, 0.1) is 0 Å². The van der Waals surface area contributed by atoms with Crippen LogP contribution < -0.4 is 15.4 Å². The predicted octanol–water partition coefficient (Wildman–Crippen LogP) is 3.69. The number of halogens is 1. The van der Waals surface area contributed by atoms with Gasteiger partial charge in [-0.1, -0.05) is 12.1 Å². The van der Waals surface area contributed by atoms with Crippen molar-refractivity contribution in [2.75, 3.05) is 27.0 Å². The van der Waals surface area contributed by atoms with Gasteiger partial charge in [-0.2, -0.15) is 11.8 Å². The molecule has 0 amide bonds. The van der Waals surface area contributed by atoms with Crippen molar-refractivity contribution in [3.8, 4) is 5.75 Å². The molecule has 0 spiro atoms. The molecule has 6 heteroatoms. The molecule has 0 heterocycles. The summed E-state index contributed by atoms with van der Waals surface area (Å²) in [5, 5.41) is 7.79. The van der Waals surface area contributed by atoms with Gasteiger partial charge in [0, 0.05) is 24.9 Å². The Morgan fingerprint density at radius 1 is 1.38 bits per heavy atom. The minimum atomic E-state index is 0. The number of ether oxygens (including phenoxy) is 1. The first-order chi connectivity index (χ1) is 11.2. The lowest BCUT2D eigenvalue weighted by Crippen LogP contribution is -2.42. The van der Waals surface area contributed by atoms with E-state index in [2.05, 4.69) is 34.0 Å². The maximum Gasteiger partial charge on any atom is 0.191 e. The Labute approximate surface area is 167 Å². The summed E-state index contributed by atoms with van der Waals surface area (Å²) in [7, 11) is 3.55. The van der Waals surface area contributed by atoms with E-state index in [1.165, 1.54) is 24.8 Å². The number of nitrogens with one attached hydrogen (secondary N) is 2. The van der Waals surface area contributed by atoms with E-state index < -0.39 is 0 Å². The number of hydrogen-bond acceptors (Lipinski definition) is 3. The Morgan fingerprint density at radius 2 is 2.21 bits per heavy atom. The monoisotopic (exact) mass is 463 g/mol. The highest BCUT2D eigenvalue weighted by atomic mass is 127. The molecular formula is C18H30IN3OS. The number of rotatable bonds is 7. The van der Waals surface area contributed by atoms with E-state index in [0.29, 0.717) is 6.04 Å². The van der Waals surface area contributed by atoms with Gasteiger partial charge in [0.2, 0.25) is 0 Å². The molecule has 1 aromatic carbocycles. The summed E-state index contributed by atoms with van der Waals surface area (Å²) in [6, 6.07) is 8.85. The molecule has 4 nitrogen and oxygen atoms in total. The number of aliphatic imine (C=N–C) groups is 1. The molecule has 1 saturated carbocycles. The number of aryl methyl sites for hydroxylation is 1. The van der Waals surface area contributed by atoms with Crippen LogP contribution >= 0.6 is 35.7 Å².